The summed E-state index contributed by atoms with van der Waals surface area (Å²) in [6, 6.07) is 20.0. The fourth-order valence-electron chi connectivity index (χ4n) is 2.88. The van der Waals surface area contributed by atoms with E-state index in [4.69, 9.17) is 9.47 Å². The predicted octanol–water partition coefficient (Wildman–Crippen LogP) is 3.33. The number of rotatable bonds is 8. The van der Waals surface area contributed by atoms with E-state index in [0.717, 1.165) is 0 Å². The number of ether oxygens (including phenoxy) is 2. The first-order valence-corrected chi connectivity index (χ1v) is 9.92. The Balaban J connectivity index is 1.86. The molecule has 0 spiro atoms. The van der Waals surface area contributed by atoms with Gasteiger partial charge in [-0.2, -0.15) is 5.10 Å². The molecule has 0 aromatic heterocycles. The van der Waals surface area contributed by atoms with Gasteiger partial charge in [-0.3, -0.25) is 9.59 Å². The van der Waals surface area contributed by atoms with E-state index in [2.05, 4.69) is 15.8 Å². The van der Waals surface area contributed by atoms with Crippen LogP contribution in [0.4, 0.5) is 0 Å². The summed E-state index contributed by atoms with van der Waals surface area (Å²) in [5, 5.41) is 16.1. The summed E-state index contributed by atoms with van der Waals surface area (Å²) in [4.78, 5) is 25.5. The Kier molecular flexibility index (Phi) is 7.80. The highest BCUT2D eigenvalue weighted by molar-refractivity contribution is 6.05. The second-order valence-electron chi connectivity index (χ2n) is 6.79. The maximum absolute atomic E-state index is 12.8. The summed E-state index contributed by atoms with van der Waals surface area (Å²) < 4.78 is 10.5. The summed E-state index contributed by atoms with van der Waals surface area (Å²) in [7, 11) is 3.03. The van der Waals surface area contributed by atoms with Crippen molar-refractivity contribution in [3.63, 3.8) is 0 Å². The zero-order valence-electron chi connectivity index (χ0n) is 18.1. The lowest BCUT2D eigenvalue weighted by Crippen LogP contribution is -2.32. The maximum Gasteiger partial charge on any atom is 0.287 e. The molecule has 3 aromatic rings. The summed E-state index contributed by atoms with van der Waals surface area (Å²) in [5.41, 5.74) is 3.95. The largest absolute Gasteiger partial charge is 0.508 e. The molecule has 3 N–H and O–H groups in total. The van der Waals surface area contributed by atoms with Gasteiger partial charge in [0, 0.05) is 5.56 Å². The highest BCUT2D eigenvalue weighted by Gasteiger charge is 2.15. The second-order valence-corrected chi connectivity index (χ2v) is 6.79. The molecule has 0 saturated heterocycles. The Morgan fingerprint density at radius 1 is 0.879 bits per heavy atom. The number of nitrogens with zero attached hydrogens (tertiary/aromatic N) is 1. The molecule has 0 aliphatic rings. The maximum atomic E-state index is 12.8. The minimum Gasteiger partial charge on any atom is -0.508 e. The average Bonchev–Trinajstić information content (AvgIpc) is 2.84. The summed E-state index contributed by atoms with van der Waals surface area (Å²) in [6.45, 7) is 0. The average molecular weight is 445 g/mol. The van der Waals surface area contributed by atoms with Crippen LogP contribution in [0.1, 0.15) is 21.5 Å². The molecule has 0 aliphatic heterocycles. The number of benzene rings is 3. The molecule has 0 aliphatic carbocycles. The molecular formula is C25H23N3O5. The summed E-state index contributed by atoms with van der Waals surface area (Å²) in [6.07, 6.45) is 2.88. The standard InChI is InChI=1S/C25H23N3O5/c1-32-22-12-11-17(15-23(22)33-2)14-21(27-24(30)19-8-4-3-5-9-19)25(31)28-26-16-18-7-6-10-20(29)13-18/h3-16,29H,1-2H3,(H,27,30)(H,28,31)/b21-14+,26-16+. The van der Waals surface area contributed by atoms with Crippen LogP contribution >= 0.6 is 0 Å². The number of hydrazone groups is 1. The van der Waals surface area contributed by atoms with Crippen LogP contribution in [0.25, 0.3) is 6.08 Å². The summed E-state index contributed by atoms with van der Waals surface area (Å²) in [5.74, 6) is 0.00123. The SMILES string of the molecule is COc1ccc(/C=C(/NC(=O)c2ccccc2)C(=O)N/N=C/c2cccc(O)c2)cc1OC. The molecule has 0 unspecified atom stereocenters. The first-order chi connectivity index (χ1) is 16.0. The number of carbonyl (C=O) groups excluding carboxylic acids is 2. The van der Waals surface area contributed by atoms with Crippen LogP contribution in [-0.2, 0) is 4.79 Å². The van der Waals surface area contributed by atoms with Crippen molar-refractivity contribution in [3.05, 3.63) is 95.2 Å². The van der Waals surface area contributed by atoms with E-state index in [1.165, 1.54) is 38.6 Å². The van der Waals surface area contributed by atoms with Gasteiger partial charge in [-0.1, -0.05) is 36.4 Å². The number of carbonyl (C=O) groups is 2. The van der Waals surface area contributed by atoms with Gasteiger partial charge in [0.2, 0.25) is 0 Å². The number of amides is 2. The van der Waals surface area contributed by atoms with Crippen LogP contribution in [-0.4, -0.2) is 37.4 Å². The van der Waals surface area contributed by atoms with Crippen molar-refractivity contribution in [2.24, 2.45) is 5.10 Å². The van der Waals surface area contributed by atoms with Gasteiger partial charge in [0.25, 0.3) is 11.8 Å². The van der Waals surface area contributed by atoms with Crippen LogP contribution in [0.15, 0.2) is 83.6 Å². The molecule has 0 fully saturated rings. The molecule has 8 nitrogen and oxygen atoms in total. The van der Waals surface area contributed by atoms with Crippen molar-refractivity contribution in [1.82, 2.24) is 10.7 Å². The monoisotopic (exact) mass is 445 g/mol. The summed E-state index contributed by atoms with van der Waals surface area (Å²) >= 11 is 0. The molecule has 33 heavy (non-hydrogen) atoms. The van der Waals surface area contributed by atoms with Crippen molar-refractivity contribution in [3.8, 4) is 17.2 Å². The fourth-order valence-corrected chi connectivity index (χ4v) is 2.88. The first-order valence-electron chi connectivity index (χ1n) is 9.92. The van der Waals surface area contributed by atoms with Crippen molar-refractivity contribution in [2.45, 2.75) is 0 Å². The van der Waals surface area contributed by atoms with Gasteiger partial charge in [0.05, 0.1) is 20.4 Å². The lowest BCUT2D eigenvalue weighted by molar-refractivity contribution is -0.117. The molecule has 3 aromatic carbocycles. The molecule has 3 rings (SSSR count). The van der Waals surface area contributed by atoms with E-state index in [9.17, 15) is 14.7 Å². The molecule has 168 valence electrons. The number of nitrogens with one attached hydrogen (secondary N) is 2. The third kappa shape index (κ3) is 6.44. The Morgan fingerprint density at radius 3 is 2.33 bits per heavy atom. The molecule has 0 saturated carbocycles. The lowest BCUT2D eigenvalue weighted by atomic mass is 10.1. The van der Waals surface area contributed by atoms with Gasteiger partial charge in [-0.05, 0) is 53.6 Å². The normalized spacial score (nSPS) is 11.2. The Morgan fingerprint density at radius 2 is 1.64 bits per heavy atom. The molecule has 8 heteroatoms. The van der Waals surface area contributed by atoms with Crippen LogP contribution in [0.2, 0.25) is 0 Å². The van der Waals surface area contributed by atoms with Gasteiger partial charge < -0.3 is 19.9 Å². The lowest BCUT2D eigenvalue weighted by Gasteiger charge is -2.11. The van der Waals surface area contributed by atoms with E-state index in [1.807, 2.05) is 0 Å². The molecule has 2 amide bonds. The van der Waals surface area contributed by atoms with Crippen molar-refractivity contribution >= 4 is 24.1 Å². The number of aromatic hydroxyl groups is 1. The van der Waals surface area contributed by atoms with Crippen molar-refractivity contribution in [1.29, 1.82) is 0 Å². The van der Waals surface area contributed by atoms with Gasteiger partial charge in [-0.15, -0.1) is 0 Å². The van der Waals surface area contributed by atoms with Gasteiger partial charge in [0.15, 0.2) is 11.5 Å². The highest BCUT2D eigenvalue weighted by atomic mass is 16.5. The molecule has 0 bridgehead atoms. The molecular weight excluding hydrogens is 422 g/mol. The van der Waals surface area contributed by atoms with E-state index in [-0.39, 0.29) is 11.4 Å². The van der Waals surface area contributed by atoms with Crippen LogP contribution in [0.5, 0.6) is 17.2 Å². The zero-order chi connectivity index (χ0) is 23.6. The Labute approximate surface area is 191 Å². The van der Waals surface area contributed by atoms with Crippen molar-refractivity contribution < 1.29 is 24.2 Å². The minimum absolute atomic E-state index is 0.0240. The number of hydrogen-bond acceptors (Lipinski definition) is 6. The van der Waals surface area contributed by atoms with E-state index >= 15 is 0 Å². The van der Waals surface area contributed by atoms with Crippen LogP contribution in [0, 0.1) is 0 Å². The van der Waals surface area contributed by atoms with E-state index < -0.39 is 11.8 Å². The Hall–Kier alpha value is -4.59. The number of phenolic OH excluding ortho intramolecular Hbond substituents is 1. The quantitative estimate of drug-likeness (QED) is 0.280. The number of phenols is 1. The molecule has 0 heterocycles. The van der Waals surface area contributed by atoms with E-state index in [0.29, 0.717) is 28.2 Å². The fraction of sp³-hybridized carbons (Fsp3) is 0.0800. The highest BCUT2D eigenvalue weighted by Crippen LogP contribution is 2.28. The first kappa shape index (κ1) is 23.1. The van der Waals surface area contributed by atoms with Crippen LogP contribution in [0.3, 0.4) is 0 Å². The van der Waals surface area contributed by atoms with E-state index in [1.54, 1.807) is 60.7 Å². The molecule has 0 atom stereocenters. The number of hydrogen-bond donors (Lipinski definition) is 3. The zero-order valence-corrected chi connectivity index (χ0v) is 18.1. The smallest absolute Gasteiger partial charge is 0.287 e. The van der Waals surface area contributed by atoms with Crippen molar-refractivity contribution in [2.75, 3.05) is 14.2 Å². The second kappa shape index (κ2) is 11.1. The third-order valence-corrected chi connectivity index (χ3v) is 4.50. The van der Waals surface area contributed by atoms with Gasteiger partial charge in [-0.25, -0.2) is 5.43 Å². The topological polar surface area (TPSA) is 109 Å². The van der Waals surface area contributed by atoms with Crippen LogP contribution < -0.4 is 20.2 Å². The third-order valence-electron chi connectivity index (χ3n) is 4.50. The minimum atomic E-state index is -0.634. The van der Waals surface area contributed by atoms with Gasteiger partial charge in [0.1, 0.15) is 11.4 Å². The predicted molar refractivity (Wildman–Crippen MR) is 125 cm³/mol. The Bertz CT molecular complexity index is 1190. The molecule has 0 radical (unpaired) electrons. The van der Waals surface area contributed by atoms with Gasteiger partial charge >= 0.3 is 0 Å². The number of methoxy groups -OCH3 is 2.